The minimum Gasteiger partial charge on any atom is -0.543 e. The molecule has 0 aromatic heterocycles. The van der Waals surface area contributed by atoms with Crippen LogP contribution in [-0.2, 0) is 45.8 Å². The van der Waals surface area contributed by atoms with Gasteiger partial charge in [-0.3, -0.25) is 0 Å². The van der Waals surface area contributed by atoms with Crippen molar-refractivity contribution in [1.82, 2.24) is 0 Å². The average molecular weight is 474 g/mol. The molecule has 0 aliphatic heterocycles. The molecule has 0 aliphatic carbocycles. The van der Waals surface area contributed by atoms with Gasteiger partial charge in [-0.05, 0) is 0 Å². The summed E-state index contributed by atoms with van der Waals surface area (Å²) in [6.45, 7) is 0. The number of carboxylic acids is 6. The summed E-state index contributed by atoms with van der Waals surface area (Å²) in [5.41, 5.74) is 0. The van der Waals surface area contributed by atoms with Crippen molar-refractivity contribution in [3.63, 3.8) is 0 Å². The summed E-state index contributed by atoms with van der Waals surface area (Å²) in [5.74, 6) is -13.1. The largest absolute Gasteiger partial charge is 2.00 e. The predicted octanol–water partition coefficient (Wildman–Crippen LogP) is -22.5. The van der Waals surface area contributed by atoms with E-state index in [1.807, 2.05) is 0 Å². The molecule has 0 rings (SSSR count). The molecule has 17 heteroatoms. The molecule has 0 bridgehead atoms. The zero-order valence-electron chi connectivity index (χ0n) is 12.3. The Kier molecular flexibility index (Phi) is 66.9. The first-order chi connectivity index (χ1) is 7.93. The van der Waals surface area contributed by atoms with Gasteiger partial charge < -0.3 is 59.4 Å². The van der Waals surface area contributed by atoms with Crippen molar-refractivity contribution >= 4 is 35.8 Å². The molecular formula is C6CsFeLi3O12. The third kappa shape index (κ3) is 59.9. The number of carbonyl (C=O) groups is 6. The van der Waals surface area contributed by atoms with E-state index in [2.05, 4.69) is 0 Å². The van der Waals surface area contributed by atoms with E-state index < -0.39 is 35.8 Å². The van der Waals surface area contributed by atoms with E-state index in [9.17, 15) is 0 Å². The molecule has 0 aromatic rings. The van der Waals surface area contributed by atoms with Crippen LogP contribution in [0.2, 0.25) is 0 Å². The van der Waals surface area contributed by atoms with E-state index in [0.717, 1.165) is 0 Å². The van der Waals surface area contributed by atoms with Crippen LogP contribution < -0.4 is 156 Å². The van der Waals surface area contributed by atoms with Crippen LogP contribution >= 0.6 is 0 Å². The molecule has 0 atom stereocenters. The summed E-state index contributed by atoms with van der Waals surface area (Å²) >= 11 is 0. The van der Waals surface area contributed by atoms with Crippen LogP contribution in [0.3, 0.4) is 0 Å². The Morgan fingerprint density at radius 3 is 0.435 bits per heavy atom. The van der Waals surface area contributed by atoms with Crippen LogP contribution in [0.25, 0.3) is 0 Å². The van der Waals surface area contributed by atoms with Crippen LogP contribution in [0.5, 0.6) is 0 Å². The fourth-order valence-electron chi connectivity index (χ4n) is 0. The molecule has 0 saturated heterocycles. The number of aliphatic carboxylic acids is 6. The van der Waals surface area contributed by atoms with Crippen LogP contribution in [-0.4, -0.2) is 35.8 Å². The minimum atomic E-state index is -2.19. The maximum Gasteiger partial charge on any atom is 2.00 e. The molecule has 12 nitrogen and oxygen atoms in total. The van der Waals surface area contributed by atoms with Crippen LogP contribution in [0.4, 0.5) is 0 Å². The van der Waals surface area contributed by atoms with Crippen molar-refractivity contribution in [2.45, 2.75) is 0 Å². The second-order valence-corrected chi connectivity index (χ2v) is 1.72. The second kappa shape index (κ2) is 31.0. The number of hydrogen-bond acceptors (Lipinski definition) is 12. The van der Waals surface area contributed by atoms with Gasteiger partial charge in [-0.25, -0.2) is 0 Å². The number of hydrogen-bond donors (Lipinski definition) is 0. The monoisotopic (exact) mass is 474 g/mol. The van der Waals surface area contributed by atoms with Crippen molar-refractivity contribution in [1.29, 1.82) is 0 Å². The van der Waals surface area contributed by atoms with Crippen molar-refractivity contribution in [3.8, 4) is 0 Å². The van der Waals surface area contributed by atoms with Crippen molar-refractivity contribution in [3.05, 3.63) is 0 Å². The molecule has 0 heterocycles. The second-order valence-electron chi connectivity index (χ2n) is 1.72. The summed E-state index contributed by atoms with van der Waals surface area (Å²) in [6.07, 6.45) is 0. The van der Waals surface area contributed by atoms with Gasteiger partial charge in [0.1, 0.15) is 0 Å². The summed E-state index contributed by atoms with van der Waals surface area (Å²) in [7, 11) is 0. The van der Waals surface area contributed by atoms with Crippen LogP contribution in [0, 0.1) is 0 Å². The van der Waals surface area contributed by atoms with E-state index in [4.69, 9.17) is 59.4 Å². The third-order valence-electron chi connectivity index (χ3n) is 0.500. The van der Waals surface area contributed by atoms with E-state index in [-0.39, 0.29) is 143 Å². The molecule has 0 aliphatic rings. The van der Waals surface area contributed by atoms with Gasteiger partial charge in [0, 0.05) is 0 Å². The normalized spacial score (nSPS) is 5.74. The van der Waals surface area contributed by atoms with Gasteiger partial charge in [-0.2, -0.15) is 0 Å². The van der Waals surface area contributed by atoms with Crippen LogP contribution in [0.15, 0.2) is 0 Å². The average Bonchev–Trinajstić information content (AvgIpc) is 2.18. The minimum absolute atomic E-state index is 0. The van der Waals surface area contributed by atoms with Gasteiger partial charge >= 0.3 is 143 Å². The van der Waals surface area contributed by atoms with Gasteiger partial charge in [0.15, 0.2) is 0 Å². The molecule has 23 heavy (non-hydrogen) atoms. The molecule has 0 fully saturated rings. The molecule has 0 saturated carbocycles. The standard InChI is InChI=1S/3C2H2O4.Cs.Fe.3Li/c3*3-1(4)2(5)6;;;;;/h3*(H,3,4)(H,5,6);;;;;/q;;;+1;+2;3*+1/p-6. The summed E-state index contributed by atoms with van der Waals surface area (Å²) < 4.78 is 0. The van der Waals surface area contributed by atoms with E-state index in [0.29, 0.717) is 0 Å². The van der Waals surface area contributed by atoms with Crippen molar-refractivity contribution < 1.29 is 202 Å². The zero-order valence-corrected chi connectivity index (χ0v) is 19.6. The van der Waals surface area contributed by atoms with Gasteiger partial charge in [0.2, 0.25) is 0 Å². The maximum atomic E-state index is 8.93. The van der Waals surface area contributed by atoms with Crippen molar-refractivity contribution in [2.75, 3.05) is 0 Å². The smallest absolute Gasteiger partial charge is 0.543 e. The van der Waals surface area contributed by atoms with E-state index in [1.165, 1.54) is 0 Å². The first-order valence-electron chi connectivity index (χ1n) is 3.20. The first-order valence-corrected chi connectivity index (χ1v) is 3.20. The van der Waals surface area contributed by atoms with Gasteiger partial charge in [-0.1, -0.05) is 0 Å². The van der Waals surface area contributed by atoms with E-state index >= 15 is 0 Å². The zero-order chi connectivity index (χ0) is 15.5. The molecule has 0 radical (unpaired) electrons. The molecule has 0 spiro atoms. The molecule has 0 amide bonds. The predicted molar refractivity (Wildman–Crippen MR) is 30.0 cm³/mol. The summed E-state index contributed by atoms with van der Waals surface area (Å²) in [6, 6.07) is 0. The Hall–Kier alpha value is 1.18. The maximum absolute atomic E-state index is 8.93. The molecule has 0 N–H and O–H groups in total. The quantitative estimate of drug-likeness (QED) is 0.235. The van der Waals surface area contributed by atoms with Gasteiger partial charge in [-0.15, -0.1) is 0 Å². The number of carboxylic acid groups (broad SMARTS) is 6. The Balaban J connectivity index is -0.0000000221. The summed E-state index contributed by atoms with van der Waals surface area (Å²) in [5, 5.41) is 53.6. The van der Waals surface area contributed by atoms with Gasteiger partial charge in [0.05, 0.1) is 35.8 Å². The third-order valence-corrected chi connectivity index (χ3v) is 0.500. The number of carbonyl (C=O) groups excluding carboxylic acids is 6. The fraction of sp³-hybridized carbons (Fsp3) is 0. The van der Waals surface area contributed by atoms with Gasteiger partial charge in [0.25, 0.3) is 0 Å². The van der Waals surface area contributed by atoms with E-state index in [1.54, 1.807) is 0 Å². The first kappa shape index (κ1) is 49.6. The Bertz CT molecular complexity index is 296. The Labute approximate surface area is 233 Å². The molecule has 0 aromatic carbocycles. The summed E-state index contributed by atoms with van der Waals surface area (Å²) in [4.78, 5) is 53.6. The molecule has 108 valence electrons. The van der Waals surface area contributed by atoms with Crippen LogP contribution in [0.1, 0.15) is 0 Å². The molecular weight excluding hydrogens is 474 g/mol. The SMILES string of the molecule is O=C([O-])C(=O)[O-].O=C([O-])C(=O)[O-].O=C([O-])C(=O)[O-].[Cs+].[Fe+2].[Li+].[Li+].[Li+]. The topological polar surface area (TPSA) is 241 Å². The Morgan fingerprint density at radius 1 is 0.391 bits per heavy atom. The molecule has 0 unspecified atom stereocenters. The van der Waals surface area contributed by atoms with Crippen molar-refractivity contribution in [2.24, 2.45) is 0 Å². The Morgan fingerprint density at radius 2 is 0.435 bits per heavy atom. The number of rotatable bonds is 0. The fourth-order valence-corrected chi connectivity index (χ4v) is 0.